The van der Waals surface area contributed by atoms with Crippen LogP contribution >= 0.6 is 23.1 Å². The van der Waals surface area contributed by atoms with Crippen LogP contribution in [0.3, 0.4) is 0 Å². The summed E-state index contributed by atoms with van der Waals surface area (Å²) in [6, 6.07) is 18.7. The molecule has 0 saturated carbocycles. The number of hydrogen-bond acceptors (Lipinski definition) is 6. The summed E-state index contributed by atoms with van der Waals surface area (Å²) in [6.45, 7) is 1.94. The number of hydrazone groups is 1. The molecule has 0 aliphatic rings. The van der Waals surface area contributed by atoms with Crippen molar-refractivity contribution in [3.05, 3.63) is 86.8 Å². The van der Waals surface area contributed by atoms with Crippen molar-refractivity contribution in [1.82, 2.24) is 15.0 Å². The number of para-hydroxylation sites is 2. The minimum atomic E-state index is -0.272. The van der Waals surface area contributed by atoms with Gasteiger partial charge in [0.1, 0.15) is 0 Å². The van der Waals surface area contributed by atoms with Gasteiger partial charge in [0.15, 0.2) is 5.16 Å². The number of carbonyl (C=O) groups excluding carboxylic acids is 1. The van der Waals surface area contributed by atoms with Crippen LogP contribution in [0.4, 0.5) is 0 Å². The number of nitrogens with zero attached hydrogens (tertiary/aromatic N) is 3. The summed E-state index contributed by atoms with van der Waals surface area (Å²) in [5.74, 6) is -0.190. The van der Waals surface area contributed by atoms with Gasteiger partial charge in [-0.2, -0.15) is 5.10 Å². The van der Waals surface area contributed by atoms with E-state index in [4.69, 9.17) is 0 Å². The molecular weight excluding hydrogens is 416 g/mol. The molecule has 0 unspecified atom stereocenters. The number of fused-ring (bicyclic) bond motifs is 1. The van der Waals surface area contributed by atoms with E-state index in [1.807, 2.05) is 60.8 Å². The van der Waals surface area contributed by atoms with Gasteiger partial charge < -0.3 is 0 Å². The van der Waals surface area contributed by atoms with Crippen LogP contribution in [0, 0.1) is 6.92 Å². The molecule has 2 heterocycles. The topological polar surface area (TPSA) is 76.3 Å². The number of aryl methyl sites for hydroxylation is 1. The molecule has 6 nitrogen and oxygen atoms in total. The average molecular weight is 435 g/mol. The Hall–Kier alpha value is -3.23. The number of carbonyl (C=O) groups is 1. The van der Waals surface area contributed by atoms with Gasteiger partial charge in [0.05, 0.1) is 28.6 Å². The van der Waals surface area contributed by atoms with E-state index in [0.717, 1.165) is 16.1 Å². The van der Waals surface area contributed by atoms with Gasteiger partial charge >= 0.3 is 0 Å². The van der Waals surface area contributed by atoms with E-state index in [0.29, 0.717) is 16.1 Å². The Labute approximate surface area is 181 Å². The first-order valence-corrected chi connectivity index (χ1v) is 11.1. The van der Waals surface area contributed by atoms with Crippen LogP contribution in [0.15, 0.2) is 81.1 Å². The molecule has 2 aromatic heterocycles. The summed E-state index contributed by atoms with van der Waals surface area (Å²) in [5.41, 5.74) is 4.66. The third-order valence-electron chi connectivity index (χ3n) is 4.36. The first kappa shape index (κ1) is 20.1. The van der Waals surface area contributed by atoms with Crippen molar-refractivity contribution in [1.29, 1.82) is 0 Å². The maximum Gasteiger partial charge on any atom is 0.266 e. The summed E-state index contributed by atoms with van der Waals surface area (Å²) in [5, 5.41) is 6.91. The lowest BCUT2D eigenvalue weighted by atomic mass is 10.2. The highest BCUT2D eigenvalue weighted by Gasteiger charge is 2.15. The molecule has 0 aliphatic carbocycles. The van der Waals surface area contributed by atoms with Gasteiger partial charge in [-0.05, 0) is 42.1 Å². The van der Waals surface area contributed by atoms with Crippen LogP contribution in [-0.4, -0.2) is 27.4 Å². The van der Waals surface area contributed by atoms with Gasteiger partial charge in [-0.15, -0.1) is 11.3 Å². The molecule has 1 amide bonds. The lowest BCUT2D eigenvalue weighted by molar-refractivity contribution is -0.118. The summed E-state index contributed by atoms with van der Waals surface area (Å²) in [6.07, 6.45) is 1.60. The number of hydrogen-bond donors (Lipinski definition) is 1. The number of thiophene rings is 1. The number of benzene rings is 2. The monoisotopic (exact) mass is 434 g/mol. The zero-order chi connectivity index (χ0) is 20.9. The van der Waals surface area contributed by atoms with E-state index >= 15 is 0 Å². The molecule has 0 radical (unpaired) electrons. The molecule has 0 atom stereocenters. The summed E-state index contributed by atoms with van der Waals surface area (Å²) >= 11 is 2.74. The zero-order valence-electron chi connectivity index (χ0n) is 16.1. The van der Waals surface area contributed by atoms with Crippen molar-refractivity contribution in [2.24, 2.45) is 5.10 Å². The van der Waals surface area contributed by atoms with Gasteiger partial charge in [0.25, 0.3) is 11.5 Å². The van der Waals surface area contributed by atoms with Crippen LogP contribution in [0.5, 0.6) is 0 Å². The quantitative estimate of drug-likeness (QED) is 0.215. The fourth-order valence-electron chi connectivity index (χ4n) is 2.93. The number of rotatable bonds is 6. The van der Waals surface area contributed by atoms with E-state index in [9.17, 15) is 9.59 Å². The molecule has 150 valence electrons. The van der Waals surface area contributed by atoms with E-state index < -0.39 is 0 Å². The molecular formula is C22H18N4O2S2. The number of nitrogens with one attached hydrogen (secondary N) is 1. The zero-order valence-corrected chi connectivity index (χ0v) is 17.7. The van der Waals surface area contributed by atoms with Gasteiger partial charge in [-0.1, -0.05) is 48.2 Å². The fourth-order valence-corrected chi connectivity index (χ4v) is 4.31. The van der Waals surface area contributed by atoms with Gasteiger partial charge in [0, 0.05) is 4.88 Å². The van der Waals surface area contributed by atoms with E-state index in [1.165, 1.54) is 23.1 Å². The first-order valence-electron chi connectivity index (χ1n) is 9.19. The van der Waals surface area contributed by atoms with Crippen molar-refractivity contribution >= 4 is 46.1 Å². The second kappa shape index (κ2) is 9.06. The third-order valence-corrected chi connectivity index (χ3v) is 6.10. The van der Waals surface area contributed by atoms with Crippen molar-refractivity contribution in [3.63, 3.8) is 0 Å². The van der Waals surface area contributed by atoms with E-state index in [2.05, 4.69) is 15.5 Å². The minimum absolute atomic E-state index is 0.0818. The lowest BCUT2D eigenvalue weighted by Gasteiger charge is -2.14. The predicted octanol–water partition coefficient (Wildman–Crippen LogP) is 4.00. The molecule has 0 bridgehead atoms. The number of aromatic nitrogens is 2. The smallest absolute Gasteiger partial charge is 0.266 e. The number of thioether (sulfide) groups is 1. The summed E-state index contributed by atoms with van der Waals surface area (Å²) in [4.78, 5) is 31.1. The molecule has 0 fully saturated rings. The molecule has 0 spiro atoms. The van der Waals surface area contributed by atoms with Crippen molar-refractivity contribution in [3.8, 4) is 5.69 Å². The van der Waals surface area contributed by atoms with Crippen LogP contribution in [0.2, 0.25) is 0 Å². The molecule has 4 aromatic rings. The van der Waals surface area contributed by atoms with Crippen molar-refractivity contribution in [2.75, 3.05) is 5.75 Å². The van der Waals surface area contributed by atoms with Crippen molar-refractivity contribution < 1.29 is 4.79 Å². The molecule has 0 saturated heterocycles. The second-order valence-electron chi connectivity index (χ2n) is 6.44. The summed E-state index contributed by atoms with van der Waals surface area (Å²) < 4.78 is 1.57. The molecule has 0 aliphatic heterocycles. The van der Waals surface area contributed by atoms with Gasteiger partial charge in [-0.3, -0.25) is 14.2 Å². The first-order chi connectivity index (χ1) is 14.6. The largest absolute Gasteiger partial charge is 0.272 e. The van der Waals surface area contributed by atoms with E-state index in [1.54, 1.807) is 22.9 Å². The Morgan fingerprint density at radius 3 is 2.77 bits per heavy atom. The minimum Gasteiger partial charge on any atom is -0.272 e. The Bertz CT molecular complexity index is 1280. The highest BCUT2D eigenvalue weighted by molar-refractivity contribution is 7.99. The highest BCUT2D eigenvalue weighted by Crippen LogP contribution is 2.23. The molecule has 4 rings (SSSR count). The highest BCUT2D eigenvalue weighted by atomic mass is 32.2. The van der Waals surface area contributed by atoms with Crippen LogP contribution in [0.1, 0.15) is 10.4 Å². The standard InChI is InChI=1S/C22H18N4O2S2/c1-15-7-2-5-11-19(15)26-21(28)17-9-3-4-10-18(17)24-22(26)30-14-20(27)25-23-13-16-8-6-12-29-16/h2-13H,14H2,1H3,(H,25,27)/b23-13+. The number of amides is 1. The molecule has 30 heavy (non-hydrogen) atoms. The molecule has 1 N–H and O–H groups in total. The summed E-state index contributed by atoms with van der Waals surface area (Å²) in [7, 11) is 0. The molecule has 8 heteroatoms. The maximum atomic E-state index is 13.2. The SMILES string of the molecule is Cc1ccccc1-n1c(SCC(=O)N/N=C/c2cccs2)nc2ccccc2c1=O. The van der Waals surface area contributed by atoms with E-state index in [-0.39, 0.29) is 17.2 Å². The fraction of sp³-hybridized carbons (Fsp3) is 0.0909. The van der Waals surface area contributed by atoms with Crippen LogP contribution in [-0.2, 0) is 4.79 Å². The third kappa shape index (κ3) is 4.34. The second-order valence-corrected chi connectivity index (χ2v) is 8.36. The predicted molar refractivity (Wildman–Crippen MR) is 123 cm³/mol. The Kier molecular flexibility index (Phi) is 6.06. The van der Waals surface area contributed by atoms with Crippen LogP contribution < -0.4 is 11.0 Å². The Morgan fingerprint density at radius 1 is 1.17 bits per heavy atom. The van der Waals surface area contributed by atoms with Crippen LogP contribution in [0.25, 0.3) is 16.6 Å². The van der Waals surface area contributed by atoms with Crippen molar-refractivity contribution in [2.45, 2.75) is 12.1 Å². The van der Waals surface area contributed by atoms with Gasteiger partial charge in [0.2, 0.25) is 0 Å². The van der Waals surface area contributed by atoms with Gasteiger partial charge in [-0.25, -0.2) is 10.4 Å². The lowest BCUT2D eigenvalue weighted by Crippen LogP contribution is -2.24. The molecule has 2 aromatic carbocycles. The normalized spacial score (nSPS) is 11.2. The average Bonchev–Trinajstić information content (AvgIpc) is 3.27. The Morgan fingerprint density at radius 2 is 1.97 bits per heavy atom. The Balaban J connectivity index is 1.63. The maximum absolute atomic E-state index is 13.2.